The normalized spacial score (nSPS) is 14.6. The van der Waals surface area contributed by atoms with E-state index in [-0.39, 0.29) is 18.2 Å². The number of para-hydroxylation sites is 1. The molecule has 132 valence electrons. The van der Waals surface area contributed by atoms with Crippen molar-refractivity contribution in [1.29, 1.82) is 0 Å². The first kappa shape index (κ1) is 16.1. The molecule has 1 aliphatic rings. The number of hydrazone groups is 1. The molecule has 0 spiro atoms. The van der Waals surface area contributed by atoms with Crippen LogP contribution >= 0.6 is 0 Å². The lowest BCUT2D eigenvalue weighted by molar-refractivity contribution is -0.130. The SMILES string of the molecule is COc1cc2c(cc1NC(=O)C1=NN(C)C(=O)CC1)oc1ccccc12. The van der Waals surface area contributed by atoms with Crippen LogP contribution in [0, 0.1) is 0 Å². The van der Waals surface area contributed by atoms with Crippen LogP contribution in [-0.2, 0) is 9.59 Å². The van der Waals surface area contributed by atoms with Crippen LogP contribution in [0.4, 0.5) is 5.69 Å². The zero-order chi connectivity index (χ0) is 18.3. The summed E-state index contributed by atoms with van der Waals surface area (Å²) in [5.74, 6) is 0.0548. The molecule has 7 heteroatoms. The molecule has 1 aliphatic heterocycles. The highest BCUT2D eigenvalue weighted by Crippen LogP contribution is 2.36. The summed E-state index contributed by atoms with van der Waals surface area (Å²) in [6.07, 6.45) is 0.576. The number of ether oxygens (including phenoxy) is 1. The Morgan fingerprint density at radius 3 is 2.77 bits per heavy atom. The first-order valence-corrected chi connectivity index (χ1v) is 8.21. The highest BCUT2D eigenvalue weighted by atomic mass is 16.5. The molecule has 0 saturated carbocycles. The second-order valence-electron chi connectivity index (χ2n) is 6.07. The van der Waals surface area contributed by atoms with E-state index in [2.05, 4.69) is 10.4 Å². The molecule has 2 amide bonds. The van der Waals surface area contributed by atoms with Crippen LogP contribution < -0.4 is 10.1 Å². The number of furan rings is 1. The van der Waals surface area contributed by atoms with Crippen molar-refractivity contribution in [2.75, 3.05) is 19.5 Å². The summed E-state index contributed by atoms with van der Waals surface area (Å²) < 4.78 is 11.3. The topological polar surface area (TPSA) is 84.1 Å². The number of carbonyl (C=O) groups is 2. The van der Waals surface area contributed by atoms with Gasteiger partial charge in [0.25, 0.3) is 5.91 Å². The predicted molar refractivity (Wildman–Crippen MR) is 98.3 cm³/mol. The molecule has 0 atom stereocenters. The molecule has 3 aromatic rings. The van der Waals surface area contributed by atoms with Crippen LogP contribution in [0.3, 0.4) is 0 Å². The molecule has 0 saturated heterocycles. The van der Waals surface area contributed by atoms with E-state index in [9.17, 15) is 9.59 Å². The van der Waals surface area contributed by atoms with Gasteiger partial charge in [0.05, 0.1) is 12.8 Å². The van der Waals surface area contributed by atoms with E-state index in [0.717, 1.165) is 16.4 Å². The van der Waals surface area contributed by atoms with Gasteiger partial charge in [-0.15, -0.1) is 0 Å². The molecule has 2 aromatic carbocycles. The fourth-order valence-corrected chi connectivity index (χ4v) is 3.05. The number of methoxy groups -OCH3 is 1. The quantitative estimate of drug-likeness (QED) is 0.786. The Labute approximate surface area is 149 Å². The maximum Gasteiger partial charge on any atom is 0.271 e. The van der Waals surface area contributed by atoms with Crippen LogP contribution in [0.1, 0.15) is 12.8 Å². The summed E-state index contributed by atoms with van der Waals surface area (Å²) >= 11 is 0. The van der Waals surface area contributed by atoms with E-state index in [1.807, 2.05) is 30.3 Å². The Bertz CT molecular complexity index is 1070. The van der Waals surface area contributed by atoms with Crippen molar-refractivity contribution in [2.24, 2.45) is 5.10 Å². The van der Waals surface area contributed by atoms with E-state index in [1.165, 1.54) is 12.1 Å². The average molecular weight is 351 g/mol. The molecular weight excluding hydrogens is 334 g/mol. The third-order valence-corrected chi connectivity index (χ3v) is 4.42. The van der Waals surface area contributed by atoms with Crippen LogP contribution in [-0.4, -0.2) is 36.7 Å². The molecule has 1 aromatic heterocycles. The van der Waals surface area contributed by atoms with Crippen molar-refractivity contribution in [3.63, 3.8) is 0 Å². The van der Waals surface area contributed by atoms with Crippen molar-refractivity contribution in [1.82, 2.24) is 5.01 Å². The van der Waals surface area contributed by atoms with Crippen LogP contribution in [0.25, 0.3) is 21.9 Å². The number of benzene rings is 2. The maximum atomic E-state index is 12.5. The van der Waals surface area contributed by atoms with Crippen LogP contribution in [0.2, 0.25) is 0 Å². The number of amides is 2. The third kappa shape index (κ3) is 2.67. The molecule has 0 radical (unpaired) electrons. The lowest BCUT2D eigenvalue weighted by atomic mass is 10.1. The number of anilines is 1. The van der Waals surface area contributed by atoms with E-state index in [1.54, 1.807) is 13.2 Å². The van der Waals surface area contributed by atoms with Gasteiger partial charge in [0, 0.05) is 36.7 Å². The van der Waals surface area contributed by atoms with Gasteiger partial charge in [0.15, 0.2) is 0 Å². The van der Waals surface area contributed by atoms with E-state index >= 15 is 0 Å². The van der Waals surface area contributed by atoms with E-state index < -0.39 is 0 Å². The van der Waals surface area contributed by atoms with E-state index in [4.69, 9.17) is 9.15 Å². The van der Waals surface area contributed by atoms with Gasteiger partial charge in [0.1, 0.15) is 22.6 Å². The van der Waals surface area contributed by atoms with Crippen LogP contribution in [0.15, 0.2) is 45.9 Å². The predicted octanol–water partition coefficient (Wildman–Crippen LogP) is 3.14. The minimum Gasteiger partial charge on any atom is -0.495 e. The molecule has 0 bridgehead atoms. The lowest BCUT2D eigenvalue weighted by Crippen LogP contribution is -2.34. The highest BCUT2D eigenvalue weighted by Gasteiger charge is 2.23. The van der Waals surface area contributed by atoms with Crippen molar-refractivity contribution in [2.45, 2.75) is 12.8 Å². The number of nitrogens with one attached hydrogen (secondary N) is 1. The van der Waals surface area contributed by atoms with Gasteiger partial charge in [-0.1, -0.05) is 18.2 Å². The summed E-state index contributed by atoms with van der Waals surface area (Å²) in [5.41, 5.74) is 2.22. The molecule has 4 rings (SSSR count). The standard InChI is InChI=1S/C19H17N3O4/c1-22-18(23)8-7-13(21-22)19(24)20-14-10-16-12(9-17(14)25-2)11-5-3-4-6-15(11)26-16/h3-6,9-10H,7-8H2,1-2H3,(H,20,24). The minimum absolute atomic E-state index is 0.108. The number of hydrogen-bond acceptors (Lipinski definition) is 5. The summed E-state index contributed by atoms with van der Waals surface area (Å²) in [4.78, 5) is 24.0. The molecule has 0 unspecified atom stereocenters. The van der Waals surface area contributed by atoms with Gasteiger partial charge in [-0.3, -0.25) is 9.59 Å². The average Bonchev–Trinajstić information content (AvgIpc) is 3.00. The third-order valence-electron chi connectivity index (χ3n) is 4.42. The minimum atomic E-state index is -0.363. The molecule has 2 heterocycles. The number of hydrogen-bond donors (Lipinski definition) is 1. The summed E-state index contributed by atoms with van der Waals surface area (Å²) in [6.45, 7) is 0. The Morgan fingerprint density at radius 1 is 1.19 bits per heavy atom. The second kappa shape index (κ2) is 6.18. The smallest absolute Gasteiger partial charge is 0.271 e. The Kier molecular flexibility index (Phi) is 3.84. The highest BCUT2D eigenvalue weighted by molar-refractivity contribution is 6.43. The molecule has 26 heavy (non-hydrogen) atoms. The first-order chi connectivity index (χ1) is 12.6. The molecule has 0 aliphatic carbocycles. The lowest BCUT2D eigenvalue weighted by Gasteiger charge is -2.19. The van der Waals surface area contributed by atoms with Crippen molar-refractivity contribution in [3.05, 3.63) is 36.4 Å². The van der Waals surface area contributed by atoms with Gasteiger partial charge in [-0.05, 0) is 12.1 Å². The number of rotatable bonds is 3. The molecule has 7 nitrogen and oxygen atoms in total. The van der Waals surface area contributed by atoms with Gasteiger partial charge < -0.3 is 14.5 Å². The number of fused-ring (bicyclic) bond motifs is 3. The van der Waals surface area contributed by atoms with Crippen molar-refractivity contribution < 1.29 is 18.7 Å². The number of nitrogens with zero attached hydrogens (tertiary/aromatic N) is 2. The Morgan fingerprint density at radius 2 is 2.00 bits per heavy atom. The van der Waals surface area contributed by atoms with E-state index in [0.29, 0.717) is 29.2 Å². The Hall–Kier alpha value is -3.35. The number of carbonyl (C=O) groups excluding carboxylic acids is 2. The zero-order valence-electron chi connectivity index (χ0n) is 14.4. The fourth-order valence-electron chi connectivity index (χ4n) is 3.05. The Balaban J connectivity index is 1.71. The van der Waals surface area contributed by atoms with Gasteiger partial charge >= 0.3 is 0 Å². The molecular formula is C19H17N3O4. The van der Waals surface area contributed by atoms with Gasteiger partial charge in [-0.2, -0.15) is 5.10 Å². The van der Waals surface area contributed by atoms with Gasteiger partial charge in [-0.25, -0.2) is 5.01 Å². The van der Waals surface area contributed by atoms with Crippen LogP contribution in [0.5, 0.6) is 5.75 Å². The largest absolute Gasteiger partial charge is 0.495 e. The zero-order valence-corrected chi connectivity index (χ0v) is 14.4. The van der Waals surface area contributed by atoms with Crippen molar-refractivity contribution >= 4 is 45.2 Å². The monoisotopic (exact) mass is 351 g/mol. The van der Waals surface area contributed by atoms with Crippen molar-refractivity contribution in [3.8, 4) is 5.75 Å². The maximum absolute atomic E-state index is 12.5. The molecule has 1 N–H and O–H groups in total. The summed E-state index contributed by atoms with van der Waals surface area (Å²) in [5, 5.41) is 9.93. The summed E-state index contributed by atoms with van der Waals surface area (Å²) in [7, 11) is 3.08. The van der Waals surface area contributed by atoms with Gasteiger partial charge in [0.2, 0.25) is 5.91 Å². The fraction of sp³-hybridized carbons (Fsp3) is 0.211. The first-order valence-electron chi connectivity index (χ1n) is 8.21. The summed E-state index contributed by atoms with van der Waals surface area (Å²) in [6, 6.07) is 11.3. The second-order valence-corrected chi connectivity index (χ2v) is 6.07. The molecule has 0 fully saturated rings.